The van der Waals surface area contributed by atoms with E-state index < -0.39 is 0 Å². The average molecular weight is 248 g/mol. The number of hydrazine groups is 1. The monoisotopic (exact) mass is 248 g/mol. The summed E-state index contributed by atoms with van der Waals surface area (Å²) in [6, 6.07) is 3.47. The summed E-state index contributed by atoms with van der Waals surface area (Å²) in [5.41, 5.74) is 3.07. The van der Waals surface area contributed by atoms with Gasteiger partial charge < -0.3 is 10.3 Å². The minimum Gasteiger partial charge on any atom is -0.338 e. The lowest BCUT2D eigenvalue weighted by Crippen LogP contribution is -2.29. The Morgan fingerprint density at radius 2 is 2.33 bits per heavy atom. The number of rotatable bonds is 3. The Kier molecular flexibility index (Phi) is 3.81. The summed E-state index contributed by atoms with van der Waals surface area (Å²) in [4.78, 5) is 18.2. The fourth-order valence-electron chi connectivity index (χ4n) is 2.30. The zero-order chi connectivity index (χ0) is 13.1. The molecule has 1 aromatic heterocycles. The molecule has 1 fully saturated rings. The van der Waals surface area contributed by atoms with Gasteiger partial charge in [0.25, 0.3) is 5.91 Å². The van der Waals surface area contributed by atoms with E-state index in [-0.39, 0.29) is 5.91 Å². The predicted molar refractivity (Wildman–Crippen MR) is 70.9 cm³/mol. The number of nitrogens with two attached hydrogens (primary N) is 1. The Bertz CT molecular complexity index is 416. The van der Waals surface area contributed by atoms with Crippen molar-refractivity contribution in [3.63, 3.8) is 0 Å². The summed E-state index contributed by atoms with van der Waals surface area (Å²) in [6.07, 6.45) is 2.67. The van der Waals surface area contributed by atoms with Crippen LogP contribution in [0.1, 0.15) is 30.6 Å². The number of anilines is 1. The van der Waals surface area contributed by atoms with Crippen molar-refractivity contribution in [1.82, 2.24) is 9.88 Å². The van der Waals surface area contributed by atoms with E-state index in [2.05, 4.69) is 24.3 Å². The highest BCUT2D eigenvalue weighted by molar-refractivity contribution is 5.94. The van der Waals surface area contributed by atoms with E-state index in [1.165, 1.54) is 0 Å². The van der Waals surface area contributed by atoms with Crippen molar-refractivity contribution in [2.24, 2.45) is 17.7 Å². The molecule has 2 heterocycles. The maximum absolute atomic E-state index is 12.2. The van der Waals surface area contributed by atoms with Crippen LogP contribution in [0.3, 0.4) is 0 Å². The first-order chi connectivity index (χ1) is 8.61. The van der Waals surface area contributed by atoms with Crippen LogP contribution in [0.4, 0.5) is 5.82 Å². The molecule has 3 N–H and O–H groups in total. The van der Waals surface area contributed by atoms with Gasteiger partial charge in [0, 0.05) is 19.3 Å². The Morgan fingerprint density at radius 1 is 1.56 bits per heavy atom. The van der Waals surface area contributed by atoms with Gasteiger partial charge in [0.15, 0.2) is 0 Å². The van der Waals surface area contributed by atoms with E-state index in [1.54, 1.807) is 18.3 Å². The largest absolute Gasteiger partial charge is 0.338 e. The van der Waals surface area contributed by atoms with Gasteiger partial charge in [0.1, 0.15) is 5.82 Å². The van der Waals surface area contributed by atoms with Crippen LogP contribution >= 0.6 is 0 Å². The van der Waals surface area contributed by atoms with Gasteiger partial charge in [-0.3, -0.25) is 4.79 Å². The molecule has 98 valence electrons. The number of nitrogens with zero attached hydrogens (tertiary/aromatic N) is 2. The number of likely N-dealkylation sites (tertiary alicyclic amines) is 1. The molecule has 0 aliphatic carbocycles. The molecule has 1 aromatic rings. The molecule has 1 amide bonds. The minimum absolute atomic E-state index is 0.0641. The van der Waals surface area contributed by atoms with Gasteiger partial charge in [-0.1, -0.05) is 13.8 Å². The molecule has 5 heteroatoms. The molecule has 1 aliphatic rings. The van der Waals surface area contributed by atoms with Crippen LogP contribution < -0.4 is 11.3 Å². The van der Waals surface area contributed by atoms with Crippen LogP contribution in [0.25, 0.3) is 0 Å². The third-order valence-electron chi connectivity index (χ3n) is 3.61. The lowest BCUT2D eigenvalue weighted by atomic mass is 9.95. The van der Waals surface area contributed by atoms with Gasteiger partial charge in [-0.05, 0) is 30.4 Å². The summed E-state index contributed by atoms with van der Waals surface area (Å²) < 4.78 is 0. The highest BCUT2D eigenvalue weighted by Crippen LogP contribution is 2.24. The molecule has 0 spiro atoms. The molecule has 1 atom stereocenters. The number of hydrogen-bond acceptors (Lipinski definition) is 4. The number of carbonyl (C=O) groups excluding carboxylic acids is 1. The van der Waals surface area contributed by atoms with Gasteiger partial charge in [0.05, 0.1) is 5.56 Å². The lowest BCUT2D eigenvalue weighted by Gasteiger charge is -2.18. The number of aromatic nitrogens is 1. The minimum atomic E-state index is 0.0641. The zero-order valence-electron chi connectivity index (χ0n) is 10.9. The molecule has 0 aromatic carbocycles. The smallest absolute Gasteiger partial charge is 0.255 e. The molecule has 1 unspecified atom stereocenters. The summed E-state index contributed by atoms with van der Waals surface area (Å²) in [5.74, 6) is 7.12. The van der Waals surface area contributed by atoms with Gasteiger partial charge in [-0.2, -0.15) is 0 Å². The van der Waals surface area contributed by atoms with E-state index in [4.69, 9.17) is 5.84 Å². The molecular weight excluding hydrogens is 228 g/mol. The molecule has 0 bridgehead atoms. The Hall–Kier alpha value is -1.62. The van der Waals surface area contributed by atoms with Crippen LogP contribution in [0.5, 0.6) is 0 Å². The summed E-state index contributed by atoms with van der Waals surface area (Å²) >= 11 is 0. The summed E-state index contributed by atoms with van der Waals surface area (Å²) in [5, 5.41) is 0. The van der Waals surface area contributed by atoms with E-state index in [0.717, 1.165) is 19.5 Å². The van der Waals surface area contributed by atoms with Crippen LogP contribution in [0.2, 0.25) is 0 Å². The lowest BCUT2D eigenvalue weighted by molar-refractivity contribution is 0.0783. The first-order valence-electron chi connectivity index (χ1n) is 6.33. The van der Waals surface area contributed by atoms with Gasteiger partial charge in [-0.15, -0.1) is 0 Å². The van der Waals surface area contributed by atoms with Crippen molar-refractivity contribution >= 4 is 11.7 Å². The van der Waals surface area contributed by atoms with Crippen molar-refractivity contribution in [3.05, 3.63) is 23.9 Å². The number of pyridine rings is 1. The maximum atomic E-state index is 12.2. The number of nitrogens with one attached hydrogen (secondary N) is 1. The quantitative estimate of drug-likeness (QED) is 0.628. The zero-order valence-corrected chi connectivity index (χ0v) is 10.9. The summed E-state index contributed by atoms with van der Waals surface area (Å²) in [7, 11) is 0. The SMILES string of the molecule is CC(C)C1CCN(C(=O)c2ccc(NN)nc2)C1. The molecule has 2 rings (SSSR count). The highest BCUT2D eigenvalue weighted by atomic mass is 16.2. The number of hydrogen-bond donors (Lipinski definition) is 2. The van der Waals surface area contributed by atoms with Crippen LogP contribution in [-0.2, 0) is 0 Å². The van der Waals surface area contributed by atoms with Gasteiger partial charge >= 0.3 is 0 Å². The maximum Gasteiger partial charge on any atom is 0.255 e. The van der Waals surface area contributed by atoms with Crippen molar-refractivity contribution < 1.29 is 4.79 Å². The van der Waals surface area contributed by atoms with Crippen LogP contribution in [-0.4, -0.2) is 28.9 Å². The van der Waals surface area contributed by atoms with E-state index in [9.17, 15) is 4.79 Å². The first kappa shape index (κ1) is 12.8. The Balaban J connectivity index is 2.03. The Labute approximate surface area is 107 Å². The van der Waals surface area contributed by atoms with Crippen molar-refractivity contribution in [1.29, 1.82) is 0 Å². The molecule has 18 heavy (non-hydrogen) atoms. The van der Waals surface area contributed by atoms with E-state index >= 15 is 0 Å². The first-order valence-corrected chi connectivity index (χ1v) is 6.33. The number of carbonyl (C=O) groups is 1. The second kappa shape index (κ2) is 5.35. The topological polar surface area (TPSA) is 71.2 Å². The number of nitrogen functional groups attached to an aromatic ring is 1. The fraction of sp³-hybridized carbons (Fsp3) is 0.538. The van der Waals surface area contributed by atoms with E-state index in [1.807, 2.05) is 4.90 Å². The molecule has 5 nitrogen and oxygen atoms in total. The molecular formula is C13H20N4O. The Morgan fingerprint density at radius 3 is 2.83 bits per heavy atom. The van der Waals surface area contributed by atoms with Gasteiger partial charge in [0.2, 0.25) is 0 Å². The van der Waals surface area contributed by atoms with E-state index in [0.29, 0.717) is 23.2 Å². The van der Waals surface area contributed by atoms with Crippen molar-refractivity contribution in [3.8, 4) is 0 Å². The highest BCUT2D eigenvalue weighted by Gasteiger charge is 2.28. The third kappa shape index (κ3) is 2.61. The molecule has 1 aliphatic heterocycles. The second-order valence-corrected chi connectivity index (χ2v) is 5.12. The normalized spacial score (nSPS) is 19.3. The summed E-state index contributed by atoms with van der Waals surface area (Å²) in [6.45, 7) is 6.12. The fourth-order valence-corrected chi connectivity index (χ4v) is 2.30. The molecule has 1 saturated heterocycles. The van der Waals surface area contributed by atoms with Gasteiger partial charge in [-0.25, -0.2) is 10.8 Å². The van der Waals surface area contributed by atoms with Crippen LogP contribution in [0, 0.1) is 11.8 Å². The predicted octanol–water partition coefficient (Wildman–Crippen LogP) is 1.49. The molecule has 0 radical (unpaired) electrons. The average Bonchev–Trinajstić information content (AvgIpc) is 2.88. The second-order valence-electron chi connectivity index (χ2n) is 5.12. The van der Waals surface area contributed by atoms with Crippen molar-refractivity contribution in [2.75, 3.05) is 18.5 Å². The third-order valence-corrected chi connectivity index (χ3v) is 3.61. The molecule has 0 saturated carbocycles. The van der Waals surface area contributed by atoms with Crippen LogP contribution in [0.15, 0.2) is 18.3 Å². The standard InChI is InChI=1S/C13H20N4O/c1-9(2)11-5-6-17(8-11)13(18)10-3-4-12(16-14)15-7-10/h3-4,7,9,11H,5-6,8,14H2,1-2H3,(H,15,16). The number of amides is 1. The van der Waals surface area contributed by atoms with Crippen molar-refractivity contribution in [2.45, 2.75) is 20.3 Å².